The fraction of sp³-hybridized carbons (Fsp3) is 0.625. The van der Waals surface area contributed by atoms with Gasteiger partial charge in [-0.15, -0.1) is 11.3 Å². The molecule has 0 bridgehead atoms. The van der Waals surface area contributed by atoms with Crippen molar-refractivity contribution in [3.63, 3.8) is 0 Å². The zero-order valence-electron chi connectivity index (χ0n) is 13.7. The van der Waals surface area contributed by atoms with Crippen LogP contribution in [0.2, 0.25) is 0 Å². The lowest BCUT2D eigenvalue weighted by Gasteiger charge is -2.34. The summed E-state index contributed by atoms with van der Waals surface area (Å²) in [5.41, 5.74) is -0.685. The summed E-state index contributed by atoms with van der Waals surface area (Å²) in [6.07, 6.45) is 1.96. The predicted molar refractivity (Wildman–Crippen MR) is 92.8 cm³/mol. The van der Waals surface area contributed by atoms with Gasteiger partial charge in [0.1, 0.15) is 0 Å². The first-order chi connectivity index (χ1) is 11.3. The second-order valence-corrected chi connectivity index (χ2v) is 10.1. The molecule has 0 saturated carbocycles. The van der Waals surface area contributed by atoms with Gasteiger partial charge in [0.05, 0.1) is 27.8 Å². The molecular formula is C16H22N2O4S2. The Morgan fingerprint density at radius 1 is 1.42 bits per heavy atom. The van der Waals surface area contributed by atoms with Gasteiger partial charge in [-0.2, -0.15) is 0 Å². The molecule has 2 saturated heterocycles. The maximum absolute atomic E-state index is 12.6. The van der Waals surface area contributed by atoms with Gasteiger partial charge in [0, 0.05) is 13.1 Å². The molecule has 1 aromatic heterocycles. The monoisotopic (exact) mass is 370 g/mol. The predicted octanol–water partition coefficient (Wildman–Crippen LogP) is 1.29. The molecule has 2 fully saturated rings. The van der Waals surface area contributed by atoms with Gasteiger partial charge >= 0.3 is 0 Å². The first kappa shape index (κ1) is 17.4. The Morgan fingerprint density at radius 2 is 2.21 bits per heavy atom. The van der Waals surface area contributed by atoms with E-state index in [-0.39, 0.29) is 29.2 Å². The van der Waals surface area contributed by atoms with Gasteiger partial charge in [-0.3, -0.25) is 9.59 Å². The Balaban J connectivity index is 1.62. The summed E-state index contributed by atoms with van der Waals surface area (Å²) in [6.45, 7) is 2.84. The van der Waals surface area contributed by atoms with Crippen molar-refractivity contribution >= 4 is 33.0 Å². The van der Waals surface area contributed by atoms with E-state index in [9.17, 15) is 18.0 Å². The number of nitrogens with one attached hydrogen (secondary N) is 1. The molecule has 0 spiro atoms. The van der Waals surface area contributed by atoms with Crippen LogP contribution in [0.5, 0.6) is 0 Å². The third-order valence-corrected chi connectivity index (χ3v) is 7.50. The quantitative estimate of drug-likeness (QED) is 0.869. The summed E-state index contributed by atoms with van der Waals surface area (Å²) >= 11 is 1.40. The number of thiophene rings is 1. The van der Waals surface area contributed by atoms with Crippen LogP contribution in [0, 0.1) is 5.92 Å². The first-order valence-electron chi connectivity index (χ1n) is 8.13. The highest BCUT2D eigenvalue weighted by Gasteiger charge is 2.41. The number of likely N-dealkylation sites (tertiary alicyclic amines) is 1. The lowest BCUT2D eigenvalue weighted by atomic mass is 9.94. The maximum Gasteiger partial charge on any atom is 0.263 e. The standard InChI is InChI=1S/C16H22N2O4S2/c1-16(6-9-24(21,22)11-16)17-14(19)12-4-2-7-18(10-12)15(20)13-5-3-8-23-13/h3,5,8,12H,2,4,6-7,9-11H2,1H3,(H,17,19). The van der Waals surface area contributed by atoms with E-state index in [2.05, 4.69) is 5.32 Å². The van der Waals surface area contributed by atoms with E-state index in [4.69, 9.17) is 0 Å². The largest absolute Gasteiger partial charge is 0.350 e. The van der Waals surface area contributed by atoms with Crippen LogP contribution in [0.1, 0.15) is 35.9 Å². The molecular weight excluding hydrogens is 348 g/mol. The van der Waals surface area contributed by atoms with Crippen LogP contribution in [0.15, 0.2) is 17.5 Å². The number of rotatable bonds is 3. The van der Waals surface area contributed by atoms with Crippen molar-refractivity contribution in [1.29, 1.82) is 0 Å². The zero-order valence-corrected chi connectivity index (χ0v) is 15.3. The molecule has 6 nitrogen and oxygen atoms in total. The lowest BCUT2D eigenvalue weighted by molar-refractivity contribution is -0.127. The summed E-state index contributed by atoms with van der Waals surface area (Å²) in [7, 11) is -3.06. The smallest absolute Gasteiger partial charge is 0.263 e. The maximum atomic E-state index is 12.6. The minimum Gasteiger partial charge on any atom is -0.350 e. The second-order valence-electron chi connectivity index (χ2n) is 6.96. The summed E-state index contributed by atoms with van der Waals surface area (Å²) in [5.74, 6) is -0.327. The van der Waals surface area contributed by atoms with Gasteiger partial charge in [-0.25, -0.2) is 8.42 Å². The SMILES string of the molecule is CC1(NC(=O)C2CCCN(C(=O)c3cccs3)C2)CCS(=O)(=O)C1. The number of carbonyl (C=O) groups excluding carboxylic acids is 2. The molecule has 2 aliphatic heterocycles. The van der Waals surface area contributed by atoms with Crippen LogP contribution >= 0.6 is 11.3 Å². The molecule has 132 valence electrons. The van der Waals surface area contributed by atoms with Crippen LogP contribution in [0.3, 0.4) is 0 Å². The second kappa shape index (κ2) is 6.48. The number of piperidine rings is 1. The zero-order chi connectivity index (χ0) is 17.4. The molecule has 0 radical (unpaired) electrons. The molecule has 8 heteroatoms. The molecule has 1 aromatic rings. The topological polar surface area (TPSA) is 83.6 Å². The number of carbonyl (C=O) groups is 2. The molecule has 0 aromatic carbocycles. The lowest BCUT2D eigenvalue weighted by Crippen LogP contribution is -2.52. The van der Waals surface area contributed by atoms with E-state index in [0.717, 1.165) is 12.8 Å². The van der Waals surface area contributed by atoms with Crippen molar-refractivity contribution in [2.45, 2.75) is 31.7 Å². The third kappa shape index (κ3) is 3.80. The van der Waals surface area contributed by atoms with Gasteiger partial charge in [0.25, 0.3) is 5.91 Å². The van der Waals surface area contributed by atoms with Crippen LogP contribution in [0.25, 0.3) is 0 Å². The molecule has 3 heterocycles. The minimum atomic E-state index is -3.06. The Labute approximate surface area is 146 Å². The third-order valence-electron chi connectivity index (χ3n) is 4.74. The summed E-state index contributed by atoms with van der Waals surface area (Å²) in [4.78, 5) is 27.4. The summed E-state index contributed by atoms with van der Waals surface area (Å²) in [5, 5.41) is 4.79. The number of nitrogens with zero attached hydrogens (tertiary/aromatic N) is 1. The van der Waals surface area contributed by atoms with Crippen LogP contribution in [-0.4, -0.2) is 55.3 Å². The van der Waals surface area contributed by atoms with Crippen LogP contribution in [0.4, 0.5) is 0 Å². The normalized spacial score (nSPS) is 29.4. The molecule has 2 aliphatic rings. The Bertz CT molecular complexity index is 729. The fourth-order valence-corrected chi connectivity index (χ4v) is 6.22. The molecule has 0 aliphatic carbocycles. The van der Waals surface area contributed by atoms with Crippen LogP contribution in [-0.2, 0) is 14.6 Å². The van der Waals surface area contributed by atoms with Crippen molar-refractivity contribution in [1.82, 2.24) is 10.2 Å². The minimum absolute atomic E-state index is 0.00367. The molecule has 2 atom stereocenters. The number of sulfone groups is 1. The highest BCUT2D eigenvalue weighted by molar-refractivity contribution is 7.91. The number of amides is 2. The van der Waals surface area contributed by atoms with Gasteiger partial charge < -0.3 is 10.2 Å². The molecule has 24 heavy (non-hydrogen) atoms. The summed E-state index contributed by atoms with van der Waals surface area (Å²) < 4.78 is 23.3. The van der Waals surface area contributed by atoms with E-state index in [1.807, 2.05) is 11.4 Å². The van der Waals surface area contributed by atoms with Gasteiger partial charge in [0.15, 0.2) is 9.84 Å². The average Bonchev–Trinajstić information content (AvgIpc) is 3.15. The van der Waals surface area contributed by atoms with Crippen molar-refractivity contribution in [3.8, 4) is 0 Å². The molecule has 2 amide bonds. The van der Waals surface area contributed by atoms with E-state index in [0.29, 0.717) is 24.4 Å². The van der Waals surface area contributed by atoms with Gasteiger partial charge in [-0.1, -0.05) is 6.07 Å². The van der Waals surface area contributed by atoms with E-state index in [1.54, 1.807) is 17.9 Å². The van der Waals surface area contributed by atoms with E-state index in [1.165, 1.54) is 11.3 Å². The highest BCUT2D eigenvalue weighted by Crippen LogP contribution is 2.25. The van der Waals surface area contributed by atoms with E-state index >= 15 is 0 Å². The van der Waals surface area contributed by atoms with Gasteiger partial charge in [-0.05, 0) is 37.6 Å². The average molecular weight is 370 g/mol. The van der Waals surface area contributed by atoms with Crippen molar-refractivity contribution < 1.29 is 18.0 Å². The highest BCUT2D eigenvalue weighted by atomic mass is 32.2. The Kier molecular flexibility index (Phi) is 4.70. The number of hydrogen-bond donors (Lipinski definition) is 1. The van der Waals surface area contributed by atoms with Crippen molar-refractivity contribution in [3.05, 3.63) is 22.4 Å². The molecule has 2 unspecified atom stereocenters. The number of hydrogen-bond acceptors (Lipinski definition) is 5. The fourth-order valence-electron chi connectivity index (χ4n) is 3.44. The van der Waals surface area contributed by atoms with Crippen molar-refractivity contribution in [2.24, 2.45) is 5.92 Å². The first-order valence-corrected chi connectivity index (χ1v) is 10.8. The van der Waals surface area contributed by atoms with E-state index < -0.39 is 15.4 Å². The Morgan fingerprint density at radius 3 is 2.83 bits per heavy atom. The van der Waals surface area contributed by atoms with Crippen molar-refractivity contribution in [2.75, 3.05) is 24.6 Å². The van der Waals surface area contributed by atoms with Gasteiger partial charge in [0.2, 0.25) is 5.91 Å². The molecule has 3 rings (SSSR count). The molecule has 1 N–H and O–H groups in total. The van der Waals surface area contributed by atoms with Crippen LogP contribution < -0.4 is 5.32 Å². The Hall–Kier alpha value is -1.41. The summed E-state index contributed by atoms with van der Waals surface area (Å²) in [6, 6.07) is 3.63.